The first-order valence-electron chi connectivity index (χ1n) is 9.50. The van der Waals surface area contributed by atoms with Crippen molar-refractivity contribution in [1.29, 1.82) is 0 Å². The van der Waals surface area contributed by atoms with Crippen molar-refractivity contribution in [2.24, 2.45) is 0 Å². The van der Waals surface area contributed by atoms with E-state index in [1.165, 1.54) is 17.5 Å². The fraction of sp³-hybridized carbons (Fsp3) is 0.381. The van der Waals surface area contributed by atoms with Crippen molar-refractivity contribution in [2.75, 3.05) is 12.3 Å². The molecular formula is C21H23N3O3S. The van der Waals surface area contributed by atoms with Gasteiger partial charge in [-0.25, -0.2) is 9.78 Å². The SMILES string of the molecule is CCOC(=O)c1c(C)oc2nc(CSC3CCCc4ccccc43)nc(N)c12. The molecular weight excluding hydrogens is 374 g/mol. The Labute approximate surface area is 167 Å². The molecule has 0 saturated heterocycles. The van der Waals surface area contributed by atoms with Gasteiger partial charge >= 0.3 is 5.97 Å². The number of nitrogens with zero attached hydrogens (tertiary/aromatic N) is 2. The number of furan rings is 1. The number of nitrogen functional groups attached to an aromatic ring is 1. The molecule has 0 amide bonds. The van der Waals surface area contributed by atoms with Crippen LogP contribution in [-0.2, 0) is 16.9 Å². The minimum atomic E-state index is -0.463. The summed E-state index contributed by atoms with van der Waals surface area (Å²) in [5.41, 5.74) is 9.66. The molecule has 1 atom stereocenters. The summed E-state index contributed by atoms with van der Waals surface area (Å²) in [5.74, 6) is 1.48. The second-order valence-electron chi connectivity index (χ2n) is 6.85. The molecule has 1 aromatic carbocycles. The van der Waals surface area contributed by atoms with E-state index in [-0.39, 0.29) is 12.4 Å². The summed E-state index contributed by atoms with van der Waals surface area (Å²) in [4.78, 5) is 21.2. The predicted octanol–water partition coefficient (Wildman–Crippen LogP) is 4.60. The Morgan fingerprint density at radius 1 is 1.36 bits per heavy atom. The Bertz CT molecular complexity index is 1030. The second-order valence-corrected chi connectivity index (χ2v) is 8.04. The van der Waals surface area contributed by atoms with Gasteiger partial charge in [-0.1, -0.05) is 24.3 Å². The molecule has 2 heterocycles. The summed E-state index contributed by atoms with van der Waals surface area (Å²) < 4.78 is 10.8. The number of aryl methyl sites for hydroxylation is 2. The van der Waals surface area contributed by atoms with Crippen molar-refractivity contribution < 1.29 is 13.9 Å². The predicted molar refractivity (Wildman–Crippen MR) is 110 cm³/mol. The van der Waals surface area contributed by atoms with Gasteiger partial charge in [-0.15, -0.1) is 11.8 Å². The summed E-state index contributed by atoms with van der Waals surface area (Å²) in [7, 11) is 0. The van der Waals surface area contributed by atoms with Crippen molar-refractivity contribution in [3.8, 4) is 0 Å². The Kier molecular flexibility index (Phi) is 5.26. The standard InChI is InChI=1S/C21H23N3O3S/c1-3-26-21(25)17-12(2)27-20-18(17)19(22)23-16(24-20)11-28-15-10-6-8-13-7-4-5-9-14(13)15/h4-5,7,9,15H,3,6,8,10-11H2,1-2H3,(H2,22,23,24). The van der Waals surface area contributed by atoms with E-state index in [2.05, 4.69) is 34.2 Å². The summed E-state index contributed by atoms with van der Waals surface area (Å²) in [6.45, 7) is 3.75. The lowest BCUT2D eigenvalue weighted by Crippen LogP contribution is -2.09. The van der Waals surface area contributed by atoms with Crippen molar-refractivity contribution in [1.82, 2.24) is 9.97 Å². The number of hydrogen-bond donors (Lipinski definition) is 1. The lowest BCUT2D eigenvalue weighted by atomic mass is 9.91. The molecule has 146 valence electrons. The summed E-state index contributed by atoms with van der Waals surface area (Å²) in [6.07, 6.45) is 3.48. The average Bonchev–Trinajstić information content (AvgIpc) is 3.03. The van der Waals surface area contributed by atoms with Crippen LogP contribution in [0.2, 0.25) is 0 Å². The highest BCUT2D eigenvalue weighted by Crippen LogP contribution is 2.41. The molecule has 0 saturated carbocycles. The van der Waals surface area contributed by atoms with Crippen molar-refractivity contribution in [3.05, 3.63) is 52.5 Å². The molecule has 2 N–H and O–H groups in total. The maximum atomic E-state index is 12.2. The summed E-state index contributed by atoms with van der Waals surface area (Å²) in [5, 5.41) is 0.867. The van der Waals surface area contributed by atoms with Crippen LogP contribution < -0.4 is 5.73 Å². The Hall–Kier alpha value is -2.54. The normalized spacial score (nSPS) is 16.1. The lowest BCUT2D eigenvalue weighted by Gasteiger charge is -2.24. The molecule has 0 spiro atoms. The van der Waals surface area contributed by atoms with Gasteiger partial charge < -0.3 is 14.9 Å². The van der Waals surface area contributed by atoms with Gasteiger partial charge in [-0.3, -0.25) is 0 Å². The van der Waals surface area contributed by atoms with Crippen LogP contribution in [0.4, 0.5) is 5.82 Å². The Morgan fingerprint density at radius 2 is 2.18 bits per heavy atom. The van der Waals surface area contributed by atoms with Crippen LogP contribution in [0, 0.1) is 6.92 Å². The first-order chi connectivity index (χ1) is 13.6. The zero-order chi connectivity index (χ0) is 19.7. The molecule has 2 aromatic heterocycles. The summed E-state index contributed by atoms with van der Waals surface area (Å²) >= 11 is 1.82. The number of benzene rings is 1. The highest BCUT2D eigenvalue weighted by atomic mass is 32.2. The number of carbonyl (C=O) groups is 1. The smallest absolute Gasteiger partial charge is 0.342 e. The Morgan fingerprint density at radius 3 is 3.00 bits per heavy atom. The van der Waals surface area contributed by atoms with Crippen molar-refractivity contribution >= 4 is 34.6 Å². The zero-order valence-electron chi connectivity index (χ0n) is 16.0. The first-order valence-corrected chi connectivity index (χ1v) is 10.5. The average molecular weight is 398 g/mol. The van der Waals surface area contributed by atoms with Crippen LogP contribution in [0.15, 0.2) is 28.7 Å². The third-order valence-electron chi connectivity index (χ3n) is 5.01. The lowest BCUT2D eigenvalue weighted by molar-refractivity contribution is 0.0526. The molecule has 28 heavy (non-hydrogen) atoms. The number of ether oxygens (including phenoxy) is 1. The maximum Gasteiger partial charge on any atom is 0.342 e. The van der Waals surface area contributed by atoms with Gasteiger partial charge in [-0.2, -0.15) is 4.98 Å². The molecule has 1 unspecified atom stereocenters. The van der Waals surface area contributed by atoms with Crippen molar-refractivity contribution in [3.63, 3.8) is 0 Å². The molecule has 0 radical (unpaired) electrons. The number of thioether (sulfide) groups is 1. The molecule has 1 aliphatic rings. The van der Waals surface area contributed by atoms with Crippen LogP contribution in [0.3, 0.4) is 0 Å². The van der Waals surface area contributed by atoms with Crippen LogP contribution in [-0.4, -0.2) is 22.5 Å². The Balaban J connectivity index is 1.59. The van der Waals surface area contributed by atoms with Gasteiger partial charge in [0.15, 0.2) is 0 Å². The number of rotatable bonds is 5. The van der Waals surface area contributed by atoms with Gasteiger partial charge in [0.1, 0.15) is 23.0 Å². The monoisotopic (exact) mass is 397 g/mol. The van der Waals surface area contributed by atoms with Gasteiger partial charge in [0.05, 0.1) is 17.7 Å². The van der Waals surface area contributed by atoms with E-state index in [0.717, 1.165) is 12.8 Å². The van der Waals surface area contributed by atoms with E-state index in [1.807, 2.05) is 11.8 Å². The number of fused-ring (bicyclic) bond motifs is 2. The van der Waals surface area contributed by atoms with Gasteiger partial charge in [0, 0.05) is 5.25 Å². The minimum Gasteiger partial charge on any atom is -0.462 e. The molecule has 1 aliphatic carbocycles. The molecule has 0 bridgehead atoms. The fourth-order valence-corrected chi connectivity index (χ4v) is 4.98. The van der Waals surface area contributed by atoms with Gasteiger partial charge in [0.25, 0.3) is 0 Å². The van der Waals surface area contributed by atoms with Gasteiger partial charge in [-0.05, 0) is 44.2 Å². The second kappa shape index (κ2) is 7.83. The maximum absolute atomic E-state index is 12.2. The largest absolute Gasteiger partial charge is 0.462 e. The van der Waals surface area contributed by atoms with Crippen molar-refractivity contribution in [2.45, 2.75) is 44.1 Å². The molecule has 6 nitrogen and oxygen atoms in total. The number of aromatic nitrogens is 2. The van der Waals surface area contributed by atoms with E-state index in [0.29, 0.717) is 39.3 Å². The number of nitrogens with two attached hydrogens (primary N) is 1. The van der Waals surface area contributed by atoms with E-state index in [1.54, 1.807) is 13.8 Å². The zero-order valence-corrected chi connectivity index (χ0v) is 16.8. The van der Waals surface area contributed by atoms with Crippen LogP contribution >= 0.6 is 11.8 Å². The molecule has 4 rings (SSSR count). The molecule has 0 aliphatic heterocycles. The highest BCUT2D eigenvalue weighted by Gasteiger charge is 2.25. The first kappa shape index (κ1) is 18.8. The number of hydrogen-bond acceptors (Lipinski definition) is 7. The van der Waals surface area contributed by atoms with E-state index in [9.17, 15) is 4.79 Å². The molecule has 7 heteroatoms. The third kappa shape index (κ3) is 3.46. The van der Waals surface area contributed by atoms with Crippen LogP contribution in [0.5, 0.6) is 0 Å². The molecule has 3 aromatic rings. The third-order valence-corrected chi connectivity index (χ3v) is 6.33. The quantitative estimate of drug-likeness (QED) is 0.629. The highest BCUT2D eigenvalue weighted by molar-refractivity contribution is 7.98. The van der Waals surface area contributed by atoms with Crippen LogP contribution in [0.25, 0.3) is 11.1 Å². The summed E-state index contributed by atoms with van der Waals surface area (Å²) in [6, 6.07) is 8.63. The van der Waals surface area contributed by atoms with E-state index >= 15 is 0 Å². The number of anilines is 1. The minimum absolute atomic E-state index is 0.254. The number of esters is 1. The fourth-order valence-electron chi connectivity index (χ4n) is 3.75. The van der Waals surface area contributed by atoms with E-state index in [4.69, 9.17) is 14.9 Å². The van der Waals surface area contributed by atoms with Gasteiger partial charge in [0.2, 0.25) is 5.71 Å². The number of carbonyl (C=O) groups excluding carboxylic acids is 1. The van der Waals surface area contributed by atoms with E-state index < -0.39 is 5.97 Å². The topological polar surface area (TPSA) is 91.2 Å². The van der Waals surface area contributed by atoms with Crippen LogP contribution in [0.1, 0.15) is 58.1 Å². The molecule has 0 fully saturated rings.